The van der Waals surface area contributed by atoms with E-state index in [1.807, 2.05) is 60.7 Å². The predicted molar refractivity (Wildman–Crippen MR) is 150 cm³/mol. The molecule has 1 amide bonds. The SMILES string of the molecule is COc1ccc([C@@H]2CC(c3ccc4ccccc4c3)=NN2C(=O)COC(=O)c2cc(=O)c3ccccc3o2)cc1. The van der Waals surface area contributed by atoms with Gasteiger partial charge in [-0.1, -0.05) is 60.7 Å². The summed E-state index contributed by atoms with van der Waals surface area (Å²) in [4.78, 5) is 38.5. The third kappa shape index (κ3) is 4.82. The van der Waals surface area contributed by atoms with E-state index < -0.39 is 24.5 Å². The number of carbonyl (C=O) groups excluding carboxylic acids is 2. The molecule has 0 aliphatic carbocycles. The van der Waals surface area contributed by atoms with Crippen molar-refractivity contribution in [2.45, 2.75) is 12.5 Å². The van der Waals surface area contributed by atoms with Crippen LogP contribution in [0.4, 0.5) is 0 Å². The highest BCUT2D eigenvalue weighted by atomic mass is 16.5. The molecule has 0 N–H and O–H groups in total. The number of ether oxygens (including phenoxy) is 2. The summed E-state index contributed by atoms with van der Waals surface area (Å²) in [6.45, 7) is -0.573. The molecule has 1 aliphatic rings. The van der Waals surface area contributed by atoms with Crippen molar-refractivity contribution >= 4 is 39.3 Å². The standard InChI is InChI=1S/C32H24N2O6/c1-38-24-14-12-21(13-15-24)27-17-26(23-11-10-20-6-2-3-7-22(20)16-23)33-34(27)31(36)19-39-32(37)30-18-28(35)25-8-4-5-9-29(25)40-30/h2-16,18,27H,17,19H2,1H3/t27-/m0/s1. The van der Waals surface area contributed by atoms with Crippen LogP contribution < -0.4 is 10.2 Å². The van der Waals surface area contributed by atoms with E-state index in [1.54, 1.807) is 31.4 Å². The Morgan fingerprint density at radius 2 is 1.68 bits per heavy atom. The van der Waals surface area contributed by atoms with Gasteiger partial charge in [0.25, 0.3) is 5.91 Å². The molecule has 0 fully saturated rings. The van der Waals surface area contributed by atoms with Gasteiger partial charge in [0.15, 0.2) is 12.0 Å². The summed E-state index contributed by atoms with van der Waals surface area (Å²) in [6.07, 6.45) is 0.476. The van der Waals surface area contributed by atoms with Crippen LogP contribution in [-0.4, -0.2) is 36.3 Å². The number of nitrogens with zero attached hydrogens (tertiary/aromatic N) is 2. The fourth-order valence-electron chi connectivity index (χ4n) is 4.84. The molecule has 6 rings (SSSR count). The maximum absolute atomic E-state index is 13.4. The molecule has 8 heteroatoms. The van der Waals surface area contributed by atoms with E-state index in [2.05, 4.69) is 11.2 Å². The van der Waals surface area contributed by atoms with Crippen molar-refractivity contribution in [3.05, 3.63) is 124 Å². The van der Waals surface area contributed by atoms with Crippen LogP contribution in [0.5, 0.6) is 5.75 Å². The molecule has 0 radical (unpaired) electrons. The highest BCUT2D eigenvalue weighted by Gasteiger charge is 2.34. The van der Waals surface area contributed by atoms with Crippen LogP contribution in [0.15, 0.2) is 111 Å². The molecule has 2 heterocycles. The number of hydrogen-bond acceptors (Lipinski definition) is 7. The first-order valence-corrected chi connectivity index (χ1v) is 12.7. The van der Waals surface area contributed by atoms with Crippen LogP contribution in [0.1, 0.15) is 34.1 Å². The molecule has 1 atom stereocenters. The van der Waals surface area contributed by atoms with Gasteiger partial charge in [0.2, 0.25) is 5.76 Å². The molecular weight excluding hydrogens is 508 g/mol. The van der Waals surface area contributed by atoms with Gasteiger partial charge >= 0.3 is 5.97 Å². The van der Waals surface area contributed by atoms with Crippen molar-refractivity contribution < 1.29 is 23.5 Å². The van der Waals surface area contributed by atoms with E-state index in [4.69, 9.17) is 13.9 Å². The summed E-state index contributed by atoms with van der Waals surface area (Å²) < 4.78 is 16.1. The number of amides is 1. The average molecular weight is 533 g/mol. The van der Waals surface area contributed by atoms with Crippen LogP contribution in [0, 0.1) is 0 Å². The highest BCUT2D eigenvalue weighted by molar-refractivity contribution is 6.05. The van der Waals surface area contributed by atoms with Gasteiger partial charge in [-0.25, -0.2) is 9.80 Å². The normalized spacial score (nSPS) is 14.8. The third-order valence-corrected chi connectivity index (χ3v) is 6.91. The molecule has 8 nitrogen and oxygen atoms in total. The predicted octanol–water partition coefficient (Wildman–Crippen LogP) is 5.49. The van der Waals surface area contributed by atoms with Crippen molar-refractivity contribution in [2.75, 3.05) is 13.7 Å². The maximum atomic E-state index is 13.4. The second kappa shape index (κ2) is 10.5. The summed E-state index contributed by atoms with van der Waals surface area (Å²) in [5, 5.41) is 8.56. The van der Waals surface area contributed by atoms with Gasteiger partial charge in [-0.3, -0.25) is 9.59 Å². The fourth-order valence-corrected chi connectivity index (χ4v) is 4.84. The Hall–Kier alpha value is -5.24. The Labute approximate surface area is 229 Å². The van der Waals surface area contributed by atoms with Gasteiger partial charge in [-0.15, -0.1) is 0 Å². The van der Waals surface area contributed by atoms with Gasteiger partial charge in [0, 0.05) is 12.5 Å². The van der Waals surface area contributed by atoms with E-state index in [9.17, 15) is 14.4 Å². The van der Waals surface area contributed by atoms with Crippen molar-refractivity contribution in [1.82, 2.24) is 5.01 Å². The Kier molecular flexibility index (Phi) is 6.57. The minimum Gasteiger partial charge on any atom is -0.497 e. The van der Waals surface area contributed by atoms with Crippen LogP contribution in [0.2, 0.25) is 0 Å². The molecule has 1 aromatic heterocycles. The Balaban J connectivity index is 1.26. The Morgan fingerprint density at radius 1 is 0.925 bits per heavy atom. The molecule has 4 aromatic carbocycles. The van der Waals surface area contributed by atoms with Crippen LogP contribution in [0.25, 0.3) is 21.7 Å². The number of rotatable bonds is 6. The molecule has 0 saturated carbocycles. The molecular formula is C32H24N2O6. The smallest absolute Gasteiger partial charge is 0.374 e. The average Bonchev–Trinajstić information content (AvgIpc) is 3.45. The molecule has 198 valence electrons. The molecule has 0 unspecified atom stereocenters. The van der Waals surface area contributed by atoms with Gasteiger partial charge in [-0.2, -0.15) is 5.10 Å². The second-order valence-corrected chi connectivity index (χ2v) is 9.39. The highest BCUT2D eigenvalue weighted by Crippen LogP contribution is 2.34. The summed E-state index contributed by atoms with van der Waals surface area (Å²) in [6, 6.07) is 28.8. The number of esters is 1. The monoisotopic (exact) mass is 532 g/mol. The number of hydrazone groups is 1. The van der Waals surface area contributed by atoms with Gasteiger partial charge in [0.05, 0.1) is 24.2 Å². The lowest BCUT2D eigenvalue weighted by Crippen LogP contribution is -2.31. The lowest BCUT2D eigenvalue weighted by atomic mass is 9.97. The number of fused-ring (bicyclic) bond motifs is 2. The number of benzene rings is 4. The fraction of sp³-hybridized carbons (Fsp3) is 0.125. The number of hydrogen-bond donors (Lipinski definition) is 0. The Morgan fingerprint density at radius 3 is 2.48 bits per heavy atom. The van der Waals surface area contributed by atoms with Gasteiger partial charge in [0.1, 0.15) is 11.3 Å². The Bertz CT molecular complexity index is 1840. The number of methoxy groups -OCH3 is 1. The zero-order chi connectivity index (χ0) is 27.6. The first-order valence-electron chi connectivity index (χ1n) is 12.7. The van der Waals surface area contributed by atoms with E-state index in [0.29, 0.717) is 17.6 Å². The summed E-state index contributed by atoms with van der Waals surface area (Å²) >= 11 is 0. The molecule has 1 aliphatic heterocycles. The third-order valence-electron chi connectivity index (χ3n) is 6.91. The number of carbonyl (C=O) groups is 2. The summed E-state index contributed by atoms with van der Waals surface area (Å²) in [5.41, 5.74) is 2.40. The molecule has 5 aromatic rings. The lowest BCUT2D eigenvalue weighted by Gasteiger charge is -2.22. The first-order chi connectivity index (χ1) is 19.5. The lowest BCUT2D eigenvalue weighted by molar-refractivity contribution is -0.136. The van der Waals surface area contributed by atoms with E-state index in [0.717, 1.165) is 33.7 Å². The zero-order valence-corrected chi connectivity index (χ0v) is 21.6. The molecule has 0 bridgehead atoms. The summed E-state index contributed by atoms with van der Waals surface area (Å²) in [5.74, 6) is -0.991. The summed E-state index contributed by atoms with van der Waals surface area (Å²) in [7, 11) is 1.59. The molecule has 0 saturated heterocycles. The quantitative estimate of drug-likeness (QED) is 0.268. The zero-order valence-electron chi connectivity index (χ0n) is 21.6. The number of para-hydroxylation sites is 1. The molecule has 0 spiro atoms. The van der Waals surface area contributed by atoms with Crippen molar-refractivity contribution in [2.24, 2.45) is 5.10 Å². The van der Waals surface area contributed by atoms with Crippen molar-refractivity contribution in [3.63, 3.8) is 0 Å². The topological polar surface area (TPSA) is 98.4 Å². The van der Waals surface area contributed by atoms with Gasteiger partial charge in [-0.05, 0) is 52.2 Å². The van der Waals surface area contributed by atoms with E-state index in [1.165, 1.54) is 5.01 Å². The minimum absolute atomic E-state index is 0.261. The van der Waals surface area contributed by atoms with E-state index in [-0.39, 0.29) is 16.8 Å². The largest absolute Gasteiger partial charge is 0.497 e. The maximum Gasteiger partial charge on any atom is 0.374 e. The van der Waals surface area contributed by atoms with Crippen molar-refractivity contribution in [3.8, 4) is 5.75 Å². The van der Waals surface area contributed by atoms with Crippen LogP contribution in [0.3, 0.4) is 0 Å². The van der Waals surface area contributed by atoms with Crippen LogP contribution in [-0.2, 0) is 9.53 Å². The van der Waals surface area contributed by atoms with Gasteiger partial charge < -0.3 is 13.9 Å². The first kappa shape index (κ1) is 25.1. The van der Waals surface area contributed by atoms with E-state index >= 15 is 0 Å². The minimum atomic E-state index is -0.907. The second-order valence-electron chi connectivity index (χ2n) is 9.39. The molecule has 40 heavy (non-hydrogen) atoms. The van der Waals surface area contributed by atoms with Crippen molar-refractivity contribution in [1.29, 1.82) is 0 Å². The van der Waals surface area contributed by atoms with Crippen LogP contribution >= 0.6 is 0 Å².